The van der Waals surface area contributed by atoms with Gasteiger partial charge in [-0.05, 0) is 32.0 Å². The van der Waals surface area contributed by atoms with Crippen molar-refractivity contribution < 1.29 is 33.6 Å². The van der Waals surface area contributed by atoms with E-state index in [0.29, 0.717) is 0 Å². The van der Waals surface area contributed by atoms with Crippen LogP contribution in [0.5, 0.6) is 0 Å². The lowest BCUT2D eigenvalue weighted by Gasteiger charge is -2.29. The number of aliphatic hydroxyl groups excluding tert-OH is 3. The van der Waals surface area contributed by atoms with Crippen LogP contribution in [0.1, 0.15) is 18.7 Å². The molecule has 3 rings (SSSR count). The topological polar surface area (TPSA) is 185 Å². The summed E-state index contributed by atoms with van der Waals surface area (Å²) in [6.07, 6.45) is -4.22. The first-order valence-corrected chi connectivity index (χ1v) is 10.5. The molecular weight excluding hydrogens is 418 g/mol. The zero-order chi connectivity index (χ0) is 22.7. The third-order valence-corrected chi connectivity index (χ3v) is 6.77. The van der Waals surface area contributed by atoms with Crippen LogP contribution in [0.25, 0.3) is 0 Å². The van der Waals surface area contributed by atoms with E-state index in [2.05, 4.69) is 4.98 Å². The predicted octanol–water partition coefficient (Wildman–Crippen LogP) is -1.45. The smallest absolute Gasteiger partial charge is 0.351 e. The lowest BCUT2D eigenvalue weighted by atomic mass is 10.1. The molecule has 0 amide bonds. The van der Waals surface area contributed by atoms with Gasteiger partial charge in [-0.3, -0.25) is 4.57 Å². The molecule has 1 saturated heterocycles. The van der Waals surface area contributed by atoms with Gasteiger partial charge < -0.3 is 30.9 Å². The Hall–Kier alpha value is -2.35. The zero-order valence-electron chi connectivity index (χ0n) is 16.4. The molecule has 0 spiro atoms. The minimum Gasteiger partial charge on any atom is -0.397 e. The normalized spacial score (nSPS) is 26.1. The molecular formula is C18H25N3O8S. The molecule has 1 aromatic heterocycles. The molecule has 0 bridgehead atoms. The highest BCUT2D eigenvalue weighted by atomic mass is 32.2. The standard InChI is InChI=1S/C16H19N3O7S.C2H6O/c1-9-2-4-10(5-3-9)27(24,25)16(23)11(8-20)26-14(13(16)21)19-7-6-12(17)18-15(19)22;1-2-3/h2-7,11,13-14,20-21,23H,8H2,1H3,(H2,17,18,22);3H,2H2,1H3/t11-,13+,14-,16+;/m1./s1. The Morgan fingerprint density at radius 1 is 1.23 bits per heavy atom. The van der Waals surface area contributed by atoms with Crippen LogP contribution < -0.4 is 11.4 Å². The van der Waals surface area contributed by atoms with Crippen molar-refractivity contribution in [2.45, 2.75) is 42.1 Å². The molecule has 0 aliphatic carbocycles. The van der Waals surface area contributed by atoms with Gasteiger partial charge in [0.2, 0.25) is 14.8 Å². The van der Waals surface area contributed by atoms with Gasteiger partial charge in [0.25, 0.3) is 0 Å². The molecule has 1 fully saturated rings. The highest BCUT2D eigenvalue weighted by Gasteiger charge is 2.64. The summed E-state index contributed by atoms with van der Waals surface area (Å²) in [6, 6.07) is 6.84. The van der Waals surface area contributed by atoms with E-state index < -0.39 is 45.5 Å². The molecule has 0 saturated carbocycles. The van der Waals surface area contributed by atoms with Crippen LogP contribution in [0.4, 0.5) is 5.82 Å². The van der Waals surface area contributed by atoms with Crippen LogP contribution in [0.15, 0.2) is 46.2 Å². The fourth-order valence-electron chi connectivity index (χ4n) is 2.98. The van der Waals surface area contributed by atoms with Crippen molar-refractivity contribution in [3.05, 3.63) is 52.6 Å². The van der Waals surface area contributed by atoms with Gasteiger partial charge in [-0.1, -0.05) is 17.7 Å². The number of ether oxygens (including phenoxy) is 1. The fourth-order valence-corrected chi connectivity index (χ4v) is 4.77. The number of nitrogen functional groups attached to an aromatic ring is 1. The Bertz CT molecular complexity index is 1020. The van der Waals surface area contributed by atoms with Gasteiger partial charge in [0.1, 0.15) is 18.0 Å². The maximum Gasteiger partial charge on any atom is 0.351 e. The number of nitrogens with zero attached hydrogens (tertiary/aromatic N) is 2. The van der Waals surface area contributed by atoms with Gasteiger partial charge in [-0.25, -0.2) is 13.2 Å². The van der Waals surface area contributed by atoms with Gasteiger partial charge >= 0.3 is 5.69 Å². The lowest BCUT2D eigenvalue weighted by Crippen LogP contribution is -2.55. The first kappa shape index (κ1) is 23.9. The SMILES string of the molecule is CCO.Cc1ccc(S(=O)(=O)[C@@]2(O)[C@@H](CO)O[C@@H](n3ccc(N)nc3=O)[C@@H]2O)cc1. The Morgan fingerprint density at radius 2 is 1.80 bits per heavy atom. The van der Waals surface area contributed by atoms with E-state index in [-0.39, 0.29) is 17.3 Å². The molecule has 6 N–H and O–H groups in total. The first-order valence-electron chi connectivity index (χ1n) is 8.98. The number of anilines is 1. The van der Waals surface area contributed by atoms with Crippen molar-refractivity contribution >= 4 is 15.7 Å². The fraction of sp³-hybridized carbons (Fsp3) is 0.444. The summed E-state index contributed by atoms with van der Waals surface area (Å²) < 4.78 is 32.2. The summed E-state index contributed by atoms with van der Waals surface area (Å²) in [5.74, 6) is -0.0787. The van der Waals surface area contributed by atoms with E-state index in [1.807, 2.05) is 0 Å². The monoisotopic (exact) mass is 443 g/mol. The molecule has 12 heteroatoms. The van der Waals surface area contributed by atoms with Gasteiger partial charge in [0.15, 0.2) is 6.23 Å². The molecule has 11 nitrogen and oxygen atoms in total. The first-order chi connectivity index (χ1) is 14.0. The number of sulfone groups is 1. The average Bonchev–Trinajstić information content (AvgIpc) is 2.95. The Kier molecular flexibility index (Phi) is 7.34. The summed E-state index contributed by atoms with van der Waals surface area (Å²) in [5, 5.41) is 38.7. The lowest BCUT2D eigenvalue weighted by molar-refractivity contribution is -0.0578. The molecule has 2 aromatic rings. The molecule has 166 valence electrons. The van der Waals surface area contributed by atoms with Crippen LogP contribution in [0.2, 0.25) is 0 Å². The van der Waals surface area contributed by atoms with Gasteiger partial charge in [-0.2, -0.15) is 4.98 Å². The van der Waals surface area contributed by atoms with E-state index in [0.717, 1.165) is 16.3 Å². The quantitative estimate of drug-likeness (QED) is 0.374. The third-order valence-electron chi connectivity index (χ3n) is 4.51. The van der Waals surface area contributed by atoms with E-state index in [1.54, 1.807) is 13.8 Å². The van der Waals surface area contributed by atoms with E-state index in [1.165, 1.54) is 30.3 Å². The highest BCUT2D eigenvalue weighted by molar-refractivity contribution is 7.92. The summed E-state index contributed by atoms with van der Waals surface area (Å²) in [4.78, 5) is 12.4. The van der Waals surface area contributed by atoms with Crippen molar-refractivity contribution in [3.63, 3.8) is 0 Å². The molecule has 1 aliphatic heterocycles. The van der Waals surface area contributed by atoms with Gasteiger partial charge in [-0.15, -0.1) is 0 Å². The second kappa shape index (κ2) is 9.20. The molecule has 0 radical (unpaired) electrons. The van der Waals surface area contributed by atoms with Crippen molar-refractivity contribution in [1.82, 2.24) is 9.55 Å². The minimum absolute atomic E-state index is 0.0787. The third kappa shape index (κ3) is 4.10. The summed E-state index contributed by atoms with van der Waals surface area (Å²) >= 11 is 0. The number of aryl methyl sites for hydroxylation is 1. The zero-order valence-corrected chi connectivity index (χ0v) is 17.2. The molecule has 4 atom stereocenters. The maximum absolute atomic E-state index is 13.0. The van der Waals surface area contributed by atoms with Crippen LogP contribution in [-0.2, 0) is 14.6 Å². The maximum atomic E-state index is 13.0. The van der Waals surface area contributed by atoms with Crippen molar-refractivity contribution in [2.75, 3.05) is 18.9 Å². The Balaban J connectivity index is 0.00000101. The van der Waals surface area contributed by atoms with E-state index >= 15 is 0 Å². The summed E-state index contributed by atoms with van der Waals surface area (Å²) in [7, 11) is -4.57. The van der Waals surface area contributed by atoms with Gasteiger partial charge in [0, 0.05) is 12.8 Å². The second-order valence-corrected chi connectivity index (χ2v) is 8.70. The molecule has 2 heterocycles. The number of aliphatic hydroxyl groups is 4. The molecule has 30 heavy (non-hydrogen) atoms. The number of hydrogen-bond donors (Lipinski definition) is 5. The van der Waals surface area contributed by atoms with Crippen molar-refractivity contribution in [2.24, 2.45) is 0 Å². The highest BCUT2D eigenvalue weighted by Crippen LogP contribution is 2.42. The van der Waals surface area contributed by atoms with Gasteiger partial charge in [0.05, 0.1) is 11.5 Å². The van der Waals surface area contributed by atoms with Crippen LogP contribution >= 0.6 is 0 Å². The summed E-state index contributed by atoms with van der Waals surface area (Å²) in [6.45, 7) is 2.78. The Labute approximate surface area is 172 Å². The minimum atomic E-state index is -4.57. The summed E-state index contributed by atoms with van der Waals surface area (Å²) in [5.41, 5.74) is 5.29. The number of rotatable bonds is 4. The molecule has 0 unspecified atom stereocenters. The average molecular weight is 443 g/mol. The number of hydrogen-bond acceptors (Lipinski definition) is 10. The molecule has 1 aromatic carbocycles. The number of nitrogens with two attached hydrogens (primary N) is 1. The second-order valence-electron chi connectivity index (χ2n) is 6.57. The van der Waals surface area contributed by atoms with Crippen LogP contribution in [0.3, 0.4) is 0 Å². The van der Waals surface area contributed by atoms with Crippen molar-refractivity contribution in [1.29, 1.82) is 0 Å². The Morgan fingerprint density at radius 3 is 2.30 bits per heavy atom. The van der Waals surface area contributed by atoms with Crippen LogP contribution in [0, 0.1) is 6.92 Å². The van der Waals surface area contributed by atoms with E-state index in [9.17, 15) is 28.5 Å². The van der Waals surface area contributed by atoms with Crippen LogP contribution in [-0.4, -0.2) is 68.7 Å². The number of aromatic nitrogens is 2. The van der Waals surface area contributed by atoms with E-state index in [4.69, 9.17) is 15.6 Å². The molecule has 1 aliphatic rings. The van der Waals surface area contributed by atoms with Crippen molar-refractivity contribution in [3.8, 4) is 0 Å². The number of benzene rings is 1. The predicted molar refractivity (Wildman–Crippen MR) is 106 cm³/mol. The largest absolute Gasteiger partial charge is 0.397 e.